The molecule has 5 nitrogen and oxygen atoms in total. The predicted octanol–water partition coefficient (Wildman–Crippen LogP) is 2.26. The fourth-order valence-corrected chi connectivity index (χ4v) is 2.03. The number of halogens is 3. The molecule has 0 aliphatic rings. The van der Waals surface area contributed by atoms with Crippen molar-refractivity contribution in [3.63, 3.8) is 0 Å². The standard InChI is InChI=1S/C13H9F3N4O/c14-13(15,16)8-3-1-2-7(4-8)5-10-18-11-9(6-17-20-11)12(21)19-10/h1-4,6H,5H2,(H2,17,18,19,20,21). The van der Waals surface area contributed by atoms with Gasteiger partial charge in [0, 0.05) is 6.42 Å². The lowest BCUT2D eigenvalue weighted by Gasteiger charge is -2.08. The molecule has 0 atom stereocenters. The number of rotatable bonds is 2. The van der Waals surface area contributed by atoms with Crippen LogP contribution >= 0.6 is 0 Å². The molecule has 21 heavy (non-hydrogen) atoms. The van der Waals surface area contributed by atoms with Crippen molar-refractivity contribution < 1.29 is 13.2 Å². The molecular formula is C13H9F3N4O. The van der Waals surface area contributed by atoms with Crippen molar-refractivity contribution in [1.29, 1.82) is 0 Å². The lowest BCUT2D eigenvalue weighted by molar-refractivity contribution is -0.137. The minimum Gasteiger partial charge on any atom is -0.310 e. The summed E-state index contributed by atoms with van der Waals surface area (Å²) in [5, 5.41) is 6.57. The highest BCUT2D eigenvalue weighted by Crippen LogP contribution is 2.29. The Morgan fingerprint density at radius 3 is 2.81 bits per heavy atom. The van der Waals surface area contributed by atoms with Crippen molar-refractivity contribution >= 4 is 11.0 Å². The summed E-state index contributed by atoms with van der Waals surface area (Å²) in [5.41, 5.74) is -0.395. The molecule has 0 fully saturated rings. The Kier molecular flexibility index (Phi) is 3.00. The topological polar surface area (TPSA) is 74.4 Å². The van der Waals surface area contributed by atoms with Gasteiger partial charge in [-0.3, -0.25) is 9.89 Å². The quantitative estimate of drug-likeness (QED) is 0.761. The fraction of sp³-hybridized carbons (Fsp3) is 0.154. The summed E-state index contributed by atoms with van der Waals surface area (Å²) in [6.07, 6.45) is -2.96. The first-order valence-electron chi connectivity index (χ1n) is 6.02. The van der Waals surface area contributed by atoms with E-state index in [-0.39, 0.29) is 17.8 Å². The molecule has 0 bridgehead atoms. The Morgan fingerprint density at radius 2 is 2.05 bits per heavy atom. The summed E-state index contributed by atoms with van der Waals surface area (Å²) in [6.45, 7) is 0. The third kappa shape index (κ3) is 2.64. The number of hydrogen-bond donors (Lipinski definition) is 2. The highest BCUT2D eigenvalue weighted by atomic mass is 19.4. The lowest BCUT2D eigenvalue weighted by atomic mass is 10.1. The van der Waals surface area contributed by atoms with Crippen molar-refractivity contribution in [3.8, 4) is 0 Å². The molecule has 3 rings (SSSR count). The van der Waals surface area contributed by atoms with Crippen LogP contribution in [0.2, 0.25) is 0 Å². The van der Waals surface area contributed by atoms with E-state index in [2.05, 4.69) is 20.2 Å². The van der Waals surface area contributed by atoms with Crippen LogP contribution in [0, 0.1) is 0 Å². The summed E-state index contributed by atoms with van der Waals surface area (Å²) < 4.78 is 38.0. The number of aromatic amines is 2. The fourth-order valence-electron chi connectivity index (χ4n) is 2.03. The molecule has 2 heterocycles. The molecule has 0 saturated heterocycles. The predicted molar refractivity (Wildman–Crippen MR) is 68.8 cm³/mol. The zero-order chi connectivity index (χ0) is 15.0. The molecule has 1 aromatic carbocycles. The van der Waals surface area contributed by atoms with Gasteiger partial charge in [0.25, 0.3) is 5.56 Å². The van der Waals surface area contributed by atoms with Crippen LogP contribution in [0.15, 0.2) is 35.3 Å². The average Bonchev–Trinajstić information content (AvgIpc) is 2.87. The van der Waals surface area contributed by atoms with Crippen LogP contribution in [0.1, 0.15) is 17.0 Å². The van der Waals surface area contributed by atoms with Gasteiger partial charge in [-0.05, 0) is 11.6 Å². The Labute approximate surface area is 115 Å². The van der Waals surface area contributed by atoms with Gasteiger partial charge in [0.1, 0.15) is 11.2 Å². The molecule has 0 spiro atoms. The molecule has 3 aromatic rings. The zero-order valence-electron chi connectivity index (χ0n) is 10.5. The first-order valence-corrected chi connectivity index (χ1v) is 6.02. The number of fused-ring (bicyclic) bond motifs is 1. The van der Waals surface area contributed by atoms with E-state index >= 15 is 0 Å². The van der Waals surface area contributed by atoms with E-state index in [9.17, 15) is 18.0 Å². The van der Waals surface area contributed by atoms with E-state index in [0.29, 0.717) is 16.6 Å². The summed E-state index contributed by atoms with van der Waals surface area (Å²) in [6, 6.07) is 4.91. The van der Waals surface area contributed by atoms with Gasteiger partial charge < -0.3 is 4.98 Å². The van der Waals surface area contributed by atoms with Crippen LogP contribution in [0.4, 0.5) is 13.2 Å². The molecule has 0 amide bonds. The van der Waals surface area contributed by atoms with Gasteiger partial charge in [0.2, 0.25) is 0 Å². The van der Waals surface area contributed by atoms with Gasteiger partial charge in [-0.1, -0.05) is 18.2 Å². The van der Waals surface area contributed by atoms with E-state index < -0.39 is 11.7 Å². The third-order valence-corrected chi connectivity index (χ3v) is 2.99. The Balaban J connectivity index is 1.97. The second kappa shape index (κ2) is 4.72. The minimum absolute atomic E-state index is 0.0914. The molecule has 2 aromatic heterocycles. The van der Waals surface area contributed by atoms with Crippen molar-refractivity contribution in [3.05, 3.63) is 57.8 Å². The third-order valence-electron chi connectivity index (χ3n) is 2.99. The maximum absolute atomic E-state index is 12.7. The number of benzene rings is 1. The molecule has 0 unspecified atom stereocenters. The molecule has 0 radical (unpaired) electrons. The minimum atomic E-state index is -4.40. The van der Waals surface area contributed by atoms with Gasteiger partial charge in [0.05, 0.1) is 11.8 Å². The normalized spacial score (nSPS) is 12.0. The van der Waals surface area contributed by atoms with Gasteiger partial charge >= 0.3 is 6.18 Å². The Bertz CT molecular complexity index is 850. The molecular weight excluding hydrogens is 285 g/mol. The van der Waals surface area contributed by atoms with E-state index in [4.69, 9.17) is 0 Å². The van der Waals surface area contributed by atoms with Crippen molar-refractivity contribution in [2.24, 2.45) is 0 Å². The van der Waals surface area contributed by atoms with Crippen LogP contribution in [0.3, 0.4) is 0 Å². The highest BCUT2D eigenvalue weighted by Gasteiger charge is 2.30. The van der Waals surface area contributed by atoms with Crippen LogP contribution < -0.4 is 5.56 Å². The summed E-state index contributed by atoms with van der Waals surface area (Å²) in [5.74, 6) is 0.274. The van der Waals surface area contributed by atoms with Crippen molar-refractivity contribution in [1.82, 2.24) is 20.2 Å². The molecule has 0 saturated carbocycles. The molecule has 0 aliphatic carbocycles. The van der Waals surface area contributed by atoms with E-state index in [0.717, 1.165) is 12.1 Å². The van der Waals surface area contributed by atoms with Crippen LogP contribution in [0.25, 0.3) is 11.0 Å². The summed E-state index contributed by atoms with van der Waals surface area (Å²) in [4.78, 5) is 18.4. The van der Waals surface area contributed by atoms with Crippen molar-refractivity contribution in [2.45, 2.75) is 12.6 Å². The largest absolute Gasteiger partial charge is 0.416 e. The number of aromatic nitrogens is 4. The zero-order valence-corrected chi connectivity index (χ0v) is 10.5. The van der Waals surface area contributed by atoms with E-state index in [1.165, 1.54) is 12.3 Å². The molecule has 8 heteroatoms. The summed E-state index contributed by atoms with van der Waals surface area (Å²) in [7, 11) is 0. The number of nitrogens with one attached hydrogen (secondary N) is 2. The maximum Gasteiger partial charge on any atom is 0.416 e. The average molecular weight is 294 g/mol. The molecule has 108 valence electrons. The second-order valence-corrected chi connectivity index (χ2v) is 4.52. The highest BCUT2D eigenvalue weighted by molar-refractivity contribution is 5.72. The first-order chi connectivity index (χ1) is 9.93. The number of alkyl halides is 3. The Hall–Kier alpha value is -2.64. The molecule has 0 aliphatic heterocycles. The summed E-state index contributed by atoms with van der Waals surface area (Å²) >= 11 is 0. The van der Waals surface area contributed by atoms with Crippen molar-refractivity contribution in [2.75, 3.05) is 0 Å². The van der Waals surface area contributed by atoms with E-state index in [1.807, 2.05) is 0 Å². The maximum atomic E-state index is 12.7. The van der Waals surface area contributed by atoms with Gasteiger partial charge in [-0.15, -0.1) is 0 Å². The van der Waals surface area contributed by atoms with Gasteiger partial charge in [-0.25, -0.2) is 4.98 Å². The van der Waals surface area contributed by atoms with Crippen LogP contribution in [-0.2, 0) is 12.6 Å². The second-order valence-electron chi connectivity index (χ2n) is 4.52. The molecule has 2 N–H and O–H groups in total. The monoisotopic (exact) mass is 294 g/mol. The Morgan fingerprint density at radius 1 is 1.24 bits per heavy atom. The smallest absolute Gasteiger partial charge is 0.310 e. The number of hydrogen-bond acceptors (Lipinski definition) is 3. The first kappa shape index (κ1) is 13.3. The van der Waals surface area contributed by atoms with Crippen LogP contribution in [-0.4, -0.2) is 20.2 Å². The van der Waals surface area contributed by atoms with Crippen LogP contribution in [0.5, 0.6) is 0 Å². The number of H-pyrrole nitrogens is 2. The van der Waals surface area contributed by atoms with Gasteiger partial charge in [0.15, 0.2) is 5.65 Å². The van der Waals surface area contributed by atoms with E-state index in [1.54, 1.807) is 6.07 Å². The number of nitrogens with zero attached hydrogens (tertiary/aromatic N) is 2. The lowest BCUT2D eigenvalue weighted by Crippen LogP contribution is -2.12. The SMILES string of the molecule is O=c1[nH]c(Cc2cccc(C(F)(F)F)c2)nc2[nH]ncc12. The van der Waals surface area contributed by atoms with Gasteiger partial charge in [-0.2, -0.15) is 18.3 Å².